The Hall–Kier alpha value is -0.0800. The van der Waals surface area contributed by atoms with Gasteiger partial charge >= 0.3 is 0 Å². The first kappa shape index (κ1) is 13.9. The molecule has 0 saturated carbocycles. The van der Waals surface area contributed by atoms with Crippen LogP contribution in [0.25, 0.3) is 0 Å². The van der Waals surface area contributed by atoms with E-state index in [1.807, 2.05) is 0 Å². The molecule has 0 aromatic carbocycles. The second-order valence-corrected chi connectivity index (χ2v) is 4.57. The van der Waals surface area contributed by atoms with Gasteiger partial charge in [-0.15, -0.1) is 0 Å². The van der Waals surface area contributed by atoms with Gasteiger partial charge in [-0.05, 0) is 37.5 Å². The smallest absolute Gasteiger partial charge is 0.0431 e. The lowest BCUT2D eigenvalue weighted by Crippen LogP contribution is -2.17. The fourth-order valence-electron chi connectivity index (χ4n) is 1.99. The first-order valence-corrected chi connectivity index (χ1v) is 5.90. The van der Waals surface area contributed by atoms with Gasteiger partial charge < -0.3 is 10.2 Å². The van der Waals surface area contributed by atoms with Crippen LogP contribution < -0.4 is 0 Å². The number of unbranched alkanes of at least 4 members (excludes halogenated alkanes) is 1. The van der Waals surface area contributed by atoms with E-state index in [2.05, 4.69) is 13.8 Å². The van der Waals surface area contributed by atoms with Crippen LogP contribution in [0.15, 0.2) is 0 Å². The van der Waals surface area contributed by atoms with Gasteiger partial charge in [0.05, 0.1) is 0 Å². The molecule has 0 bridgehead atoms. The van der Waals surface area contributed by atoms with E-state index >= 15 is 0 Å². The zero-order valence-corrected chi connectivity index (χ0v) is 9.76. The summed E-state index contributed by atoms with van der Waals surface area (Å²) >= 11 is 0. The molecule has 0 fully saturated rings. The molecule has 0 atom stereocenters. The van der Waals surface area contributed by atoms with Crippen molar-refractivity contribution in [3.05, 3.63) is 0 Å². The highest BCUT2D eigenvalue weighted by molar-refractivity contribution is 4.74. The summed E-state index contributed by atoms with van der Waals surface area (Å²) in [6.45, 7) is 5.08. The van der Waals surface area contributed by atoms with Crippen molar-refractivity contribution in [2.45, 2.75) is 58.8 Å². The van der Waals surface area contributed by atoms with E-state index in [-0.39, 0.29) is 0 Å². The molecule has 0 radical (unpaired) electrons. The van der Waals surface area contributed by atoms with Gasteiger partial charge in [0.2, 0.25) is 0 Å². The Morgan fingerprint density at radius 1 is 0.857 bits per heavy atom. The van der Waals surface area contributed by atoms with Crippen LogP contribution in [0, 0.1) is 5.41 Å². The summed E-state index contributed by atoms with van der Waals surface area (Å²) in [5, 5.41) is 17.7. The first-order valence-electron chi connectivity index (χ1n) is 5.90. The van der Waals surface area contributed by atoms with Crippen LogP contribution in [0.3, 0.4) is 0 Å². The Morgan fingerprint density at radius 2 is 1.29 bits per heavy atom. The maximum atomic E-state index is 8.83. The maximum absolute atomic E-state index is 8.83. The van der Waals surface area contributed by atoms with Crippen LogP contribution in [0.1, 0.15) is 58.8 Å². The molecule has 2 nitrogen and oxygen atoms in total. The Kier molecular flexibility index (Phi) is 8.20. The van der Waals surface area contributed by atoms with Gasteiger partial charge in [-0.1, -0.05) is 26.7 Å². The summed E-state index contributed by atoms with van der Waals surface area (Å²) in [6.07, 6.45) is 7.68. The Balaban J connectivity index is 3.89. The SMILES string of the molecule is CCCCC(C)(CCCO)CCCO. The van der Waals surface area contributed by atoms with Crippen molar-refractivity contribution in [2.75, 3.05) is 13.2 Å². The molecule has 0 aliphatic heterocycles. The van der Waals surface area contributed by atoms with Crippen molar-refractivity contribution in [2.24, 2.45) is 5.41 Å². The van der Waals surface area contributed by atoms with Gasteiger partial charge in [0.25, 0.3) is 0 Å². The van der Waals surface area contributed by atoms with Crippen LogP contribution in [0.4, 0.5) is 0 Å². The normalized spacial score (nSPS) is 12.0. The highest BCUT2D eigenvalue weighted by atomic mass is 16.3. The van der Waals surface area contributed by atoms with E-state index in [0.29, 0.717) is 18.6 Å². The van der Waals surface area contributed by atoms with Crippen LogP contribution in [-0.4, -0.2) is 23.4 Å². The predicted molar refractivity (Wildman–Crippen MR) is 60.3 cm³/mol. The molecular weight excluding hydrogens is 176 g/mol. The van der Waals surface area contributed by atoms with E-state index in [1.54, 1.807) is 0 Å². The Morgan fingerprint density at radius 3 is 1.64 bits per heavy atom. The fourth-order valence-corrected chi connectivity index (χ4v) is 1.99. The largest absolute Gasteiger partial charge is 0.396 e. The van der Waals surface area contributed by atoms with Gasteiger partial charge in [-0.3, -0.25) is 0 Å². The second-order valence-electron chi connectivity index (χ2n) is 4.57. The molecule has 0 saturated heterocycles. The summed E-state index contributed by atoms with van der Waals surface area (Å²) in [7, 11) is 0. The minimum Gasteiger partial charge on any atom is -0.396 e. The minimum absolute atomic E-state index is 0.292. The van der Waals surface area contributed by atoms with Crippen molar-refractivity contribution >= 4 is 0 Å². The lowest BCUT2D eigenvalue weighted by molar-refractivity contribution is 0.178. The molecule has 0 aromatic rings. The molecule has 14 heavy (non-hydrogen) atoms. The van der Waals surface area contributed by atoms with E-state index in [9.17, 15) is 0 Å². The van der Waals surface area contributed by atoms with E-state index < -0.39 is 0 Å². The molecular formula is C12H26O2. The predicted octanol–water partition coefficient (Wildman–Crippen LogP) is 2.73. The zero-order valence-electron chi connectivity index (χ0n) is 9.76. The molecule has 86 valence electrons. The average molecular weight is 202 g/mol. The third-order valence-electron chi connectivity index (χ3n) is 3.01. The van der Waals surface area contributed by atoms with E-state index in [4.69, 9.17) is 10.2 Å². The average Bonchev–Trinajstić information content (AvgIpc) is 2.21. The molecule has 0 aliphatic rings. The van der Waals surface area contributed by atoms with Gasteiger partial charge in [-0.2, -0.15) is 0 Å². The molecule has 0 amide bonds. The van der Waals surface area contributed by atoms with Gasteiger partial charge in [0.15, 0.2) is 0 Å². The summed E-state index contributed by atoms with van der Waals surface area (Å²) in [4.78, 5) is 0. The molecule has 2 N–H and O–H groups in total. The molecule has 0 spiro atoms. The first-order chi connectivity index (χ1) is 6.68. The van der Waals surface area contributed by atoms with Crippen LogP contribution in [-0.2, 0) is 0 Å². The number of aliphatic hydroxyl groups excluding tert-OH is 2. The lowest BCUT2D eigenvalue weighted by Gasteiger charge is -2.29. The topological polar surface area (TPSA) is 40.5 Å². The molecule has 0 unspecified atom stereocenters. The fraction of sp³-hybridized carbons (Fsp3) is 1.00. The zero-order chi connectivity index (χ0) is 10.9. The van der Waals surface area contributed by atoms with Crippen molar-refractivity contribution in [3.63, 3.8) is 0 Å². The minimum atomic E-state index is 0.292. The van der Waals surface area contributed by atoms with Crippen molar-refractivity contribution < 1.29 is 10.2 Å². The standard InChI is InChI=1S/C12H26O2/c1-3-4-7-12(2,8-5-10-13)9-6-11-14/h13-14H,3-11H2,1-2H3. The second kappa shape index (κ2) is 8.25. The molecule has 0 heterocycles. The van der Waals surface area contributed by atoms with Gasteiger partial charge in [0, 0.05) is 13.2 Å². The van der Waals surface area contributed by atoms with Crippen molar-refractivity contribution in [1.82, 2.24) is 0 Å². The number of hydrogen-bond acceptors (Lipinski definition) is 2. The number of aliphatic hydroxyl groups is 2. The number of rotatable bonds is 9. The van der Waals surface area contributed by atoms with E-state index in [0.717, 1.165) is 25.7 Å². The van der Waals surface area contributed by atoms with Gasteiger partial charge in [-0.25, -0.2) is 0 Å². The van der Waals surface area contributed by atoms with Crippen LogP contribution >= 0.6 is 0 Å². The summed E-state index contributed by atoms with van der Waals surface area (Å²) in [5.41, 5.74) is 0.335. The summed E-state index contributed by atoms with van der Waals surface area (Å²) in [6, 6.07) is 0. The third kappa shape index (κ3) is 6.39. The maximum Gasteiger partial charge on any atom is 0.0431 e. The highest BCUT2D eigenvalue weighted by Crippen LogP contribution is 2.34. The van der Waals surface area contributed by atoms with Crippen molar-refractivity contribution in [3.8, 4) is 0 Å². The molecule has 0 rings (SSSR count). The quantitative estimate of drug-likeness (QED) is 0.603. The third-order valence-corrected chi connectivity index (χ3v) is 3.01. The van der Waals surface area contributed by atoms with E-state index in [1.165, 1.54) is 19.3 Å². The summed E-state index contributed by atoms with van der Waals surface area (Å²) < 4.78 is 0. The summed E-state index contributed by atoms with van der Waals surface area (Å²) in [5.74, 6) is 0. The molecule has 0 aromatic heterocycles. The molecule has 2 heteroatoms. The molecule has 0 aliphatic carbocycles. The van der Waals surface area contributed by atoms with Crippen LogP contribution in [0.5, 0.6) is 0 Å². The highest BCUT2D eigenvalue weighted by Gasteiger charge is 2.22. The lowest BCUT2D eigenvalue weighted by atomic mass is 9.77. The monoisotopic (exact) mass is 202 g/mol. The number of hydrogen-bond donors (Lipinski definition) is 2. The Bertz CT molecular complexity index is 102. The Labute approximate surface area is 88.3 Å². The van der Waals surface area contributed by atoms with Gasteiger partial charge in [0.1, 0.15) is 0 Å². The van der Waals surface area contributed by atoms with Crippen molar-refractivity contribution in [1.29, 1.82) is 0 Å². The van der Waals surface area contributed by atoms with Crippen LogP contribution in [0.2, 0.25) is 0 Å².